The lowest BCUT2D eigenvalue weighted by Crippen LogP contribution is -2.29. The van der Waals surface area contributed by atoms with Crippen molar-refractivity contribution in [1.29, 1.82) is 0 Å². The molecule has 0 aliphatic carbocycles. The highest BCUT2D eigenvalue weighted by Gasteiger charge is 2.24. The van der Waals surface area contributed by atoms with Crippen molar-refractivity contribution < 1.29 is 27.1 Å². The summed E-state index contributed by atoms with van der Waals surface area (Å²) in [5, 5.41) is 2.17. The number of ether oxygens (including phenoxy) is 1. The molecule has 6 nitrogen and oxygen atoms in total. The Bertz CT molecular complexity index is 629. The number of anilines is 1. The molecule has 1 aromatic carbocycles. The van der Waals surface area contributed by atoms with Gasteiger partial charge in [0.25, 0.3) is 0 Å². The number of amides is 1. The Balaban J connectivity index is 2.65. The van der Waals surface area contributed by atoms with E-state index < -0.39 is 45.0 Å². The standard InChI is InChI=1S/C13H16FNO5S/c1-9(13(17)20-2)7-21(18,19)8-12(16)15-11-6-4-3-5-10(11)14/h3-6,9H,7-8H2,1-2H3,(H,15,16). The lowest BCUT2D eigenvalue weighted by Gasteiger charge is -2.10. The quantitative estimate of drug-likeness (QED) is 0.790. The van der Waals surface area contributed by atoms with Gasteiger partial charge in [0.2, 0.25) is 5.91 Å². The summed E-state index contributed by atoms with van der Waals surface area (Å²) >= 11 is 0. The van der Waals surface area contributed by atoms with Gasteiger partial charge in [-0.1, -0.05) is 19.1 Å². The number of hydrogen-bond acceptors (Lipinski definition) is 5. The maximum Gasteiger partial charge on any atom is 0.309 e. The van der Waals surface area contributed by atoms with Crippen LogP contribution in [0.2, 0.25) is 0 Å². The Kier molecular flexibility index (Phi) is 5.83. The normalized spacial score (nSPS) is 12.5. The van der Waals surface area contributed by atoms with Crippen LogP contribution in [0, 0.1) is 11.7 Å². The fourth-order valence-electron chi connectivity index (χ4n) is 1.66. The summed E-state index contributed by atoms with van der Waals surface area (Å²) in [6.45, 7) is 1.39. The van der Waals surface area contributed by atoms with Crippen LogP contribution in [0.25, 0.3) is 0 Å². The van der Waals surface area contributed by atoms with Gasteiger partial charge in [0.15, 0.2) is 9.84 Å². The minimum atomic E-state index is -3.80. The molecule has 1 rings (SSSR count). The second-order valence-electron chi connectivity index (χ2n) is 4.51. The van der Waals surface area contributed by atoms with E-state index in [0.717, 1.165) is 13.2 Å². The van der Waals surface area contributed by atoms with Gasteiger partial charge >= 0.3 is 5.97 Å². The molecule has 8 heteroatoms. The summed E-state index contributed by atoms with van der Waals surface area (Å²) in [4.78, 5) is 22.8. The first-order valence-electron chi connectivity index (χ1n) is 6.08. The van der Waals surface area contributed by atoms with E-state index in [1.165, 1.54) is 25.1 Å². The van der Waals surface area contributed by atoms with Gasteiger partial charge in [-0.2, -0.15) is 0 Å². The molecule has 0 aromatic heterocycles. The molecule has 1 aromatic rings. The topological polar surface area (TPSA) is 89.5 Å². The van der Waals surface area contributed by atoms with Crippen molar-refractivity contribution in [3.8, 4) is 0 Å². The third kappa shape index (κ3) is 5.50. The first-order valence-corrected chi connectivity index (χ1v) is 7.90. The van der Waals surface area contributed by atoms with Crippen LogP contribution >= 0.6 is 0 Å². The van der Waals surface area contributed by atoms with Crippen LogP contribution < -0.4 is 5.32 Å². The number of para-hydroxylation sites is 1. The first-order chi connectivity index (χ1) is 9.75. The minimum Gasteiger partial charge on any atom is -0.469 e. The summed E-state index contributed by atoms with van der Waals surface area (Å²) in [6, 6.07) is 5.41. The van der Waals surface area contributed by atoms with Crippen LogP contribution in [-0.2, 0) is 24.2 Å². The molecule has 0 heterocycles. The van der Waals surface area contributed by atoms with Crippen molar-refractivity contribution in [2.75, 3.05) is 23.9 Å². The summed E-state index contributed by atoms with van der Waals surface area (Å²) in [6.07, 6.45) is 0. The number of rotatable bonds is 6. The second-order valence-corrected chi connectivity index (χ2v) is 6.62. The SMILES string of the molecule is COC(=O)C(C)CS(=O)(=O)CC(=O)Nc1ccccc1F. The second kappa shape index (κ2) is 7.16. The van der Waals surface area contributed by atoms with E-state index in [2.05, 4.69) is 10.1 Å². The molecular weight excluding hydrogens is 301 g/mol. The van der Waals surface area contributed by atoms with Crippen LogP contribution in [0.4, 0.5) is 10.1 Å². The summed E-state index contributed by atoms with van der Waals surface area (Å²) < 4.78 is 41.3. The zero-order chi connectivity index (χ0) is 16.0. The molecule has 0 radical (unpaired) electrons. The lowest BCUT2D eigenvalue weighted by atomic mass is 10.2. The molecule has 1 amide bonds. The van der Waals surface area contributed by atoms with Gasteiger partial charge in [-0.25, -0.2) is 12.8 Å². The van der Waals surface area contributed by atoms with E-state index in [0.29, 0.717) is 0 Å². The zero-order valence-electron chi connectivity index (χ0n) is 11.6. The predicted molar refractivity (Wildman–Crippen MR) is 74.9 cm³/mol. The summed E-state index contributed by atoms with van der Waals surface area (Å²) in [5.74, 6) is -4.41. The predicted octanol–water partition coefficient (Wildman–Crippen LogP) is 0.988. The molecule has 0 saturated heterocycles. The van der Waals surface area contributed by atoms with E-state index in [1.54, 1.807) is 0 Å². The minimum absolute atomic E-state index is 0.0984. The van der Waals surface area contributed by atoms with Gasteiger partial charge in [0.05, 0.1) is 24.5 Å². The van der Waals surface area contributed by atoms with Gasteiger partial charge in [-0.05, 0) is 12.1 Å². The Morgan fingerprint density at radius 3 is 2.52 bits per heavy atom. The maximum absolute atomic E-state index is 13.3. The molecule has 116 valence electrons. The van der Waals surface area contributed by atoms with Crippen LogP contribution in [0.5, 0.6) is 0 Å². The smallest absolute Gasteiger partial charge is 0.309 e. The van der Waals surface area contributed by atoms with Crippen LogP contribution in [-0.4, -0.2) is 38.9 Å². The first kappa shape index (κ1) is 17.1. The van der Waals surface area contributed by atoms with Crippen molar-refractivity contribution >= 4 is 27.4 Å². The number of halogens is 1. The molecule has 0 aliphatic rings. The van der Waals surface area contributed by atoms with E-state index in [-0.39, 0.29) is 5.69 Å². The Hall–Kier alpha value is -1.96. The van der Waals surface area contributed by atoms with E-state index in [4.69, 9.17) is 0 Å². The Morgan fingerprint density at radius 2 is 1.95 bits per heavy atom. The molecule has 1 unspecified atom stereocenters. The number of esters is 1. The molecule has 1 atom stereocenters. The van der Waals surface area contributed by atoms with E-state index in [1.807, 2.05) is 0 Å². The average Bonchev–Trinajstić information content (AvgIpc) is 2.39. The molecule has 21 heavy (non-hydrogen) atoms. The molecule has 0 aliphatic heterocycles. The highest BCUT2D eigenvalue weighted by Crippen LogP contribution is 2.12. The number of benzene rings is 1. The summed E-state index contributed by atoms with van der Waals surface area (Å²) in [7, 11) is -2.65. The van der Waals surface area contributed by atoms with Crippen molar-refractivity contribution in [1.82, 2.24) is 0 Å². The van der Waals surface area contributed by atoms with Gasteiger partial charge in [0.1, 0.15) is 11.6 Å². The van der Waals surface area contributed by atoms with Crippen LogP contribution in [0.15, 0.2) is 24.3 Å². The fraction of sp³-hybridized carbons (Fsp3) is 0.385. The monoisotopic (exact) mass is 317 g/mol. The molecule has 0 saturated carbocycles. The van der Waals surface area contributed by atoms with Gasteiger partial charge in [0, 0.05) is 0 Å². The molecule has 0 bridgehead atoms. The molecule has 1 N–H and O–H groups in total. The van der Waals surface area contributed by atoms with Gasteiger partial charge < -0.3 is 10.1 Å². The van der Waals surface area contributed by atoms with Crippen LogP contribution in [0.3, 0.4) is 0 Å². The van der Waals surface area contributed by atoms with Gasteiger partial charge in [-0.15, -0.1) is 0 Å². The maximum atomic E-state index is 13.3. The molecular formula is C13H16FNO5S. The lowest BCUT2D eigenvalue weighted by molar-refractivity contribution is -0.144. The van der Waals surface area contributed by atoms with Crippen molar-refractivity contribution in [2.45, 2.75) is 6.92 Å². The number of carbonyl (C=O) groups excluding carboxylic acids is 2. The number of methoxy groups -OCH3 is 1. The van der Waals surface area contributed by atoms with Gasteiger partial charge in [-0.3, -0.25) is 9.59 Å². The highest BCUT2D eigenvalue weighted by molar-refractivity contribution is 7.92. The van der Waals surface area contributed by atoms with E-state index in [9.17, 15) is 22.4 Å². The highest BCUT2D eigenvalue weighted by atomic mass is 32.2. The number of carbonyl (C=O) groups is 2. The van der Waals surface area contributed by atoms with E-state index >= 15 is 0 Å². The Morgan fingerprint density at radius 1 is 1.33 bits per heavy atom. The third-order valence-electron chi connectivity index (χ3n) is 2.61. The van der Waals surface area contributed by atoms with Crippen LogP contribution in [0.1, 0.15) is 6.92 Å². The fourth-order valence-corrected chi connectivity index (χ4v) is 3.15. The van der Waals surface area contributed by atoms with Crippen molar-refractivity contribution in [2.24, 2.45) is 5.92 Å². The third-order valence-corrected chi connectivity index (χ3v) is 4.32. The number of hydrogen-bond donors (Lipinski definition) is 1. The van der Waals surface area contributed by atoms with Crippen molar-refractivity contribution in [3.05, 3.63) is 30.1 Å². The number of sulfone groups is 1. The number of nitrogens with one attached hydrogen (secondary N) is 1. The zero-order valence-corrected chi connectivity index (χ0v) is 12.4. The average molecular weight is 317 g/mol. The molecule has 0 fully saturated rings. The summed E-state index contributed by atoms with van der Waals surface area (Å²) in [5.41, 5.74) is -0.0984. The Labute approximate surface area is 122 Å². The molecule has 0 spiro atoms. The van der Waals surface area contributed by atoms with Crippen molar-refractivity contribution in [3.63, 3.8) is 0 Å². The largest absolute Gasteiger partial charge is 0.469 e.